The van der Waals surface area contributed by atoms with Crippen molar-refractivity contribution in [2.45, 2.75) is 20.3 Å². The molecule has 1 nitrogen and oxygen atoms in total. The lowest BCUT2D eigenvalue weighted by Gasteiger charge is -2.10. The molecule has 0 saturated heterocycles. The first kappa shape index (κ1) is 11.3. The Morgan fingerprint density at radius 2 is 1.93 bits per heavy atom. The molecule has 14 heavy (non-hydrogen) atoms. The molecule has 1 rings (SSSR count). The van der Waals surface area contributed by atoms with Gasteiger partial charge in [0, 0.05) is 16.1 Å². The molecule has 0 aliphatic carbocycles. The molecule has 0 aliphatic rings. The van der Waals surface area contributed by atoms with Crippen LogP contribution in [0.25, 0.3) is 0 Å². The van der Waals surface area contributed by atoms with Crippen LogP contribution in [0.5, 0.6) is 0 Å². The van der Waals surface area contributed by atoms with Crippen molar-refractivity contribution < 1.29 is 0 Å². The minimum Gasteiger partial charge on any atom is -0.350 e. The number of thiocarbonyl (C=S) groups is 2. The van der Waals surface area contributed by atoms with Gasteiger partial charge in [-0.1, -0.05) is 49.6 Å². The van der Waals surface area contributed by atoms with Gasteiger partial charge in [0.05, 0.1) is 4.99 Å². The van der Waals surface area contributed by atoms with Crippen LogP contribution in [-0.4, -0.2) is 9.85 Å². The Bertz CT molecular complexity index is 358. The molecule has 0 aliphatic heterocycles. The molecule has 74 valence electrons. The van der Waals surface area contributed by atoms with E-state index in [2.05, 4.69) is 12.2 Å². The molecule has 1 N–H and O–H groups in total. The van der Waals surface area contributed by atoms with Crippen LogP contribution in [0.4, 0.5) is 5.69 Å². The maximum atomic E-state index is 5.28. The first-order valence-electron chi connectivity index (χ1n) is 4.55. The molecule has 0 fully saturated rings. The van der Waals surface area contributed by atoms with E-state index in [1.165, 1.54) is 0 Å². The average molecular weight is 223 g/mol. The van der Waals surface area contributed by atoms with Gasteiger partial charge in [0.15, 0.2) is 0 Å². The second-order valence-electron chi connectivity index (χ2n) is 3.00. The number of nitrogens with one attached hydrogen (secondary N) is 1. The van der Waals surface area contributed by atoms with E-state index in [0.29, 0.717) is 0 Å². The third-order valence-corrected chi connectivity index (χ3v) is 2.47. The summed E-state index contributed by atoms with van der Waals surface area (Å²) in [5.41, 5.74) is 2.08. The second-order valence-corrected chi connectivity index (χ2v) is 4.11. The van der Waals surface area contributed by atoms with Crippen molar-refractivity contribution in [3.63, 3.8) is 0 Å². The van der Waals surface area contributed by atoms with E-state index in [0.717, 1.165) is 27.5 Å². The zero-order valence-electron chi connectivity index (χ0n) is 8.33. The van der Waals surface area contributed by atoms with Gasteiger partial charge in [-0.3, -0.25) is 0 Å². The van der Waals surface area contributed by atoms with Crippen LogP contribution in [-0.2, 0) is 0 Å². The first-order valence-corrected chi connectivity index (χ1v) is 5.36. The van der Waals surface area contributed by atoms with Crippen molar-refractivity contribution in [1.82, 2.24) is 0 Å². The third-order valence-electron chi connectivity index (χ3n) is 1.86. The smallest absolute Gasteiger partial charge is 0.0765 e. The Hall–Kier alpha value is -0.800. The summed E-state index contributed by atoms with van der Waals surface area (Å²) >= 11 is 10.3. The largest absolute Gasteiger partial charge is 0.350 e. The third kappa shape index (κ3) is 2.86. The van der Waals surface area contributed by atoms with E-state index < -0.39 is 0 Å². The zero-order valence-corrected chi connectivity index (χ0v) is 9.97. The molecule has 1 aromatic rings. The molecule has 0 spiro atoms. The van der Waals surface area contributed by atoms with Crippen LogP contribution < -0.4 is 5.32 Å². The highest BCUT2D eigenvalue weighted by Crippen LogP contribution is 2.17. The van der Waals surface area contributed by atoms with Gasteiger partial charge in [-0.2, -0.15) is 0 Å². The zero-order chi connectivity index (χ0) is 10.6. The molecule has 0 heterocycles. The number of hydrogen-bond acceptors (Lipinski definition) is 2. The summed E-state index contributed by atoms with van der Waals surface area (Å²) in [4.78, 5) is 1.72. The van der Waals surface area contributed by atoms with Crippen molar-refractivity contribution >= 4 is 40.0 Å². The Morgan fingerprint density at radius 1 is 1.29 bits per heavy atom. The molecule has 0 radical (unpaired) electrons. The number of anilines is 1. The molecule has 0 amide bonds. The molecule has 1 aromatic carbocycles. The van der Waals surface area contributed by atoms with E-state index >= 15 is 0 Å². The normalized spacial score (nSPS) is 9.57. The van der Waals surface area contributed by atoms with Crippen LogP contribution in [0.15, 0.2) is 24.3 Å². The fraction of sp³-hybridized carbons (Fsp3) is 0.273. The topological polar surface area (TPSA) is 12.0 Å². The summed E-state index contributed by atoms with van der Waals surface area (Å²) in [6.45, 7) is 3.92. The Morgan fingerprint density at radius 3 is 2.50 bits per heavy atom. The Labute approximate surface area is 95.5 Å². The summed E-state index contributed by atoms with van der Waals surface area (Å²) < 4.78 is 0. The summed E-state index contributed by atoms with van der Waals surface area (Å²) in [5, 5.41) is 3.13. The van der Waals surface area contributed by atoms with E-state index in [4.69, 9.17) is 24.4 Å². The number of rotatable bonds is 3. The molecule has 0 bridgehead atoms. The number of benzene rings is 1. The summed E-state index contributed by atoms with van der Waals surface area (Å²) in [6.07, 6.45) is 0.879. The summed E-state index contributed by atoms with van der Waals surface area (Å²) in [6, 6.07) is 7.98. The number of hydrogen-bond donors (Lipinski definition) is 1. The predicted molar refractivity (Wildman–Crippen MR) is 70.3 cm³/mol. The minimum absolute atomic E-state index is 0.761. The fourth-order valence-corrected chi connectivity index (χ4v) is 1.50. The molecular weight excluding hydrogens is 210 g/mol. The maximum absolute atomic E-state index is 5.28. The predicted octanol–water partition coefficient (Wildman–Crippen LogP) is 3.57. The van der Waals surface area contributed by atoms with Crippen molar-refractivity contribution in [3.8, 4) is 0 Å². The van der Waals surface area contributed by atoms with Crippen LogP contribution in [0.3, 0.4) is 0 Å². The number of para-hydroxylation sites is 1. The van der Waals surface area contributed by atoms with Crippen molar-refractivity contribution in [2.24, 2.45) is 0 Å². The van der Waals surface area contributed by atoms with E-state index in [-0.39, 0.29) is 0 Å². The standard InChI is InChI=1S/C11H13NS2/c1-3-11(14)9-6-4-5-7-10(9)12-8(2)13/h4-7H,3H2,1-2H3,(H,12,13). The van der Waals surface area contributed by atoms with Gasteiger partial charge >= 0.3 is 0 Å². The Kier molecular flexibility index (Phi) is 4.17. The first-order chi connectivity index (χ1) is 6.65. The highest BCUT2D eigenvalue weighted by atomic mass is 32.1. The molecule has 0 saturated carbocycles. The molecule has 0 unspecified atom stereocenters. The van der Waals surface area contributed by atoms with Crippen LogP contribution in [0.1, 0.15) is 25.8 Å². The van der Waals surface area contributed by atoms with Crippen LogP contribution in [0.2, 0.25) is 0 Å². The van der Waals surface area contributed by atoms with Crippen molar-refractivity contribution in [3.05, 3.63) is 29.8 Å². The highest BCUT2D eigenvalue weighted by Gasteiger charge is 2.04. The van der Waals surface area contributed by atoms with Gasteiger partial charge in [0.25, 0.3) is 0 Å². The lowest BCUT2D eigenvalue weighted by molar-refractivity contribution is 1.31. The SMILES string of the molecule is CCC(=S)c1ccccc1NC(C)=S. The average Bonchev–Trinajstić information content (AvgIpc) is 2.16. The molecular formula is C11H13NS2. The van der Waals surface area contributed by atoms with E-state index in [9.17, 15) is 0 Å². The highest BCUT2D eigenvalue weighted by molar-refractivity contribution is 7.81. The quantitative estimate of drug-likeness (QED) is 0.621. The van der Waals surface area contributed by atoms with Crippen LogP contribution in [0, 0.1) is 0 Å². The van der Waals surface area contributed by atoms with Gasteiger partial charge in [-0.25, -0.2) is 0 Å². The van der Waals surface area contributed by atoms with E-state index in [1.54, 1.807) is 0 Å². The maximum Gasteiger partial charge on any atom is 0.0765 e. The van der Waals surface area contributed by atoms with Crippen molar-refractivity contribution in [2.75, 3.05) is 5.32 Å². The molecule has 0 aromatic heterocycles. The monoisotopic (exact) mass is 223 g/mol. The summed E-state index contributed by atoms with van der Waals surface area (Å²) in [5.74, 6) is 0. The van der Waals surface area contributed by atoms with E-state index in [1.807, 2.05) is 31.2 Å². The minimum atomic E-state index is 0.761. The van der Waals surface area contributed by atoms with Gasteiger partial charge in [-0.05, 0) is 19.4 Å². The van der Waals surface area contributed by atoms with Gasteiger partial charge in [0.1, 0.15) is 0 Å². The lowest BCUT2D eigenvalue weighted by atomic mass is 10.1. The Balaban J connectivity index is 3.02. The molecule has 0 atom stereocenters. The summed E-state index contributed by atoms with van der Waals surface area (Å²) in [7, 11) is 0. The van der Waals surface area contributed by atoms with Gasteiger partial charge in [-0.15, -0.1) is 0 Å². The van der Waals surface area contributed by atoms with Crippen molar-refractivity contribution in [1.29, 1.82) is 0 Å². The second kappa shape index (κ2) is 5.17. The fourth-order valence-electron chi connectivity index (χ4n) is 1.22. The lowest BCUT2D eigenvalue weighted by Crippen LogP contribution is -2.08. The molecule has 3 heteroatoms. The van der Waals surface area contributed by atoms with Gasteiger partial charge < -0.3 is 5.32 Å². The van der Waals surface area contributed by atoms with Gasteiger partial charge in [0.2, 0.25) is 0 Å². The van der Waals surface area contributed by atoms with Crippen LogP contribution >= 0.6 is 24.4 Å².